The molecule has 0 aliphatic heterocycles. The van der Waals surface area contributed by atoms with Crippen molar-refractivity contribution < 1.29 is 19.4 Å². The highest BCUT2D eigenvalue weighted by molar-refractivity contribution is 5.88. The second-order valence-electron chi connectivity index (χ2n) is 3.88. The Hall–Kier alpha value is -0.870. The molecule has 4 heteroatoms. The Morgan fingerprint density at radius 2 is 2.00 bits per heavy atom. The molecule has 0 aliphatic rings. The van der Waals surface area contributed by atoms with Gasteiger partial charge in [-0.05, 0) is 20.8 Å². The van der Waals surface area contributed by atoms with E-state index in [2.05, 4.69) is 6.58 Å². The van der Waals surface area contributed by atoms with Crippen LogP contribution in [-0.4, -0.2) is 36.5 Å². The van der Waals surface area contributed by atoms with Crippen LogP contribution >= 0.6 is 0 Å². The van der Waals surface area contributed by atoms with Crippen LogP contribution in [0.5, 0.6) is 0 Å². The van der Waals surface area contributed by atoms with Gasteiger partial charge in [0, 0.05) is 0 Å². The number of rotatable bonds is 5. The Morgan fingerprint density at radius 1 is 1.43 bits per heavy atom. The summed E-state index contributed by atoms with van der Waals surface area (Å²) < 4.78 is 9.98. The molecule has 82 valence electrons. The summed E-state index contributed by atoms with van der Waals surface area (Å²) in [5, 5.41) is 8.43. The van der Waals surface area contributed by atoms with E-state index in [1.165, 1.54) is 0 Å². The molecule has 4 nitrogen and oxygen atoms in total. The Bertz CT molecular complexity index is 203. The normalized spacial score (nSPS) is 11.1. The summed E-state index contributed by atoms with van der Waals surface area (Å²) in [5.74, 6) is -0.463. The van der Waals surface area contributed by atoms with E-state index in [0.717, 1.165) is 0 Å². The Balaban J connectivity index is 3.83. The van der Waals surface area contributed by atoms with E-state index in [4.69, 9.17) is 14.6 Å². The molecule has 0 aromatic heterocycles. The molecular weight excluding hydrogens is 184 g/mol. The topological polar surface area (TPSA) is 55.8 Å². The first-order chi connectivity index (χ1) is 6.37. The maximum atomic E-state index is 11.3. The monoisotopic (exact) mass is 202 g/mol. The molecule has 14 heavy (non-hydrogen) atoms. The number of aliphatic hydroxyl groups is 1. The molecule has 0 atom stereocenters. The number of carbonyl (C=O) groups is 1. The average molecular weight is 202 g/mol. The molecule has 1 N–H and O–H groups in total. The van der Waals surface area contributed by atoms with Gasteiger partial charge in [0.15, 0.2) is 0 Å². The van der Waals surface area contributed by atoms with Gasteiger partial charge >= 0.3 is 5.97 Å². The van der Waals surface area contributed by atoms with Gasteiger partial charge in [-0.25, -0.2) is 4.79 Å². The van der Waals surface area contributed by atoms with Gasteiger partial charge < -0.3 is 14.6 Å². The van der Waals surface area contributed by atoms with Gasteiger partial charge in [0.25, 0.3) is 0 Å². The fraction of sp³-hybridized carbons (Fsp3) is 0.700. The van der Waals surface area contributed by atoms with Gasteiger partial charge in [-0.3, -0.25) is 0 Å². The highest BCUT2D eigenvalue weighted by Gasteiger charge is 2.18. The molecule has 0 bridgehead atoms. The molecule has 0 aromatic rings. The SMILES string of the molecule is C=C(COCCO)C(=O)OC(C)(C)C. The largest absolute Gasteiger partial charge is 0.457 e. The van der Waals surface area contributed by atoms with E-state index in [1.54, 1.807) is 20.8 Å². The summed E-state index contributed by atoms with van der Waals surface area (Å²) in [7, 11) is 0. The lowest BCUT2D eigenvalue weighted by atomic mass is 10.2. The molecule has 0 fully saturated rings. The third-order valence-electron chi connectivity index (χ3n) is 1.20. The smallest absolute Gasteiger partial charge is 0.336 e. The highest BCUT2D eigenvalue weighted by atomic mass is 16.6. The molecule has 0 heterocycles. The quantitative estimate of drug-likeness (QED) is 0.409. The minimum atomic E-state index is -0.517. The first-order valence-corrected chi connectivity index (χ1v) is 4.46. The maximum absolute atomic E-state index is 11.3. The molecule has 0 spiro atoms. The van der Waals surface area contributed by atoms with Crippen molar-refractivity contribution >= 4 is 5.97 Å². The number of carbonyl (C=O) groups excluding carboxylic acids is 1. The molecule has 0 unspecified atom stereocenters. The lowest BCUT2D eigenvalue weighted by molar-refractivity contribution is -0.150. The van der Waals surface area contributed by atoms with Crippen molar-refractivity contribution in [2.24, 2.45) is 0 Å². The zero-order chi connectivity index (χ0) is 11.2. The van der Waals surface area contributed by atoms with E-state index in [1.807, 2.05) is 0 Å². The number of hydrogen-bond donors (Lipinski definition) is 1. The van der Waals surface area contributed by atoms with Crippen LogP contribution in [0.1, 0.15) is 20.8 Å². The fourth-order valence-corrected chi connectivity index (χ4v) is 0.669. The minimum absolute atomic E-state index is 0.0679. The van der Waals surface area contributed by atoms with E-state index in [-0.39, 0.29) is 25.4 Å². The summed E-state index contributed by atoms with van der Waals surface area (Å²) in [6.07, 6.45) is 0. The fourth-order valence-electron chi connectivity index (χ4n) is 0.669. The van der Waals surface area contributed by atoms with Gasteiger partial charge in [-0.2, -0.15) is 0 Å². The first kappa shape index (κ1) is 13.1. The van der Waals surface area contributed by atoms with Crippen molar-refractivity contribution in [3.05, 3.63) is 12.2 Å². The van der Waals surface area contributed by atoms with E-state index in [0.29, 0.717) is 0 Å². The van der Waals surface area contributed by atoms with Crippen molar-refractivity contribution in [2.75, 3.05) is 19.8 Å². The predicted octanol–water partition coefficient (Wildman–Crippen LogP) is 0.893. The van der Waals surface area contributed by atoms with Crippen LogP contribution in [0.4, 0.5) is 0 Å². The first-order valence-electron chi connectivity index (χ1n) is 4.46. The van der Waals surface area contributed by atoms with Gasteiger partial charge in [-0.15, -0.1) is 0 Å². The standard InChI is InChI=1S/C10H18O4/c1-8(7-13-6-5-11)9(12)14-10(2,3)4/h11H,1,5-7H2,2-4H3. The molecule has 0 amide bonds. The summed E-state index contributed by atoms with van der Waals surface area (Å²) in [6.45, 7) is 9.10. The third kappa shape index (κ3) is 6.62. The van der Waals surface area contributed by atoms with Crippen LogP contribution < -0.4 is 0 Å². The summed E-state index contributed by atoms with van der Waals surface area (Å²) in [6, 6.07) is 0. The van der Waals surface area contributed by atoms with E-state index >= 15 is 0 Å². The van der Waals surface area contributed by atoms with Gasteiger partial charge in [0.1, 0.15) is 5.60 Å². The Morgan fingerprint density at radius 3 is 2.43 bits per heavy atom. The zero-order valence-electron chi connectivity index (χ0n) is 9.00. The Kier molecular flexibility index (Phi) is 5.42. The Labute approximate surface area is 84.5 Å². The summed E-state index contributed by atoms with van der Waals surface area (Å²) >= 11 is 0. The molecule has 0 aromatic carbocycles. The molecular formula is C10H18O4. The average Bonchev–Trinajstić information content (AvgIpc) is 2.01. The van der Waals surface area contributed by atoms with Gasteiger partial charge in [-0.1, -0.05) is 6.58 Å². The maximum Gasteiger partial charge on any atom is 0.336 e. The lowest BCUT2D eigenvalue weighted by Gasteiger charge is -2.20. The van der Waals surface area contributed by atoms with Crippen LogP contribution in [0.3, 0.4) is 0 Å². The van der Waals surface area contributed by atoms with Crippen LogP contribution in [0, 0.1) is 0 Å². The summed E-state index contributed by atoms with van der Waals surface area (Å²) in [5.41, 5.74) is -0.259. The highest BCUT2D eigenvalue weighted by Crippen LogP contribution is 2.10. The van der Waals surface area contributed by atoms with Gasteiger partial charge in [0.05, 0.1) is 25.4 Å². The van der Waals surface area contributed by atoms with E-state index in [9.17, 15) is 4.79 Å². The molecule has 0 radical (unpaired) electrons. The van der Waals surface area contributed by atoms with Crippen molar-refractivity contribution in [3.8, 4) is 0 Å². The number of aliphatic hydroxyl groups excluding tert-OH is 1. The molecule has 0 aliphatic carbocycles. The molecule has 0 rings (SSSR count). The van der Waals surface area contributed by atoms with Crippen molar-refractivity contribution in [1.82, 2.24) is 0 Å². The van der Waals surface area contributed by atoms with Gasteiger partial charge in [0.2, 0.25) is 0 Å². The van der Waals surface area contributed by atoms with Crippen LogP contribution in [0.25, 0.3) is 0 Å². The van der Waals surface area contributed by atoms with Crippen LogP contribution in [0.15, 0.2) is 12.2 Å². The van der Waals surface area contributed by atoms with Crippen molar-refractivity contribution in [1.29, 1.82) is 0 Å². The molecule has 0 saturated carbocycles. The number of ether oxygens (including phenoxy) is 2. The van der Waals surface area contributed by atoms with Crippen LogP contribution in [-0.2, 0) is 14.3 Å². The summed E-state index contributed by atoms with van der Waals surface area (Å²) in [4.78, 5) is 11.3. The minimum Gasteiger partial charge on any atom is -0.457 e. The predicted molar refractivity (Wildman–Crippen MR) is 52.9 cm³/mol. The second kappa shape index (κ2) is 5.78. The number of esters is 1. The second-order valence-corrected chi connectivity index (χ2v) is 3.88. The van der Waals surface area contributed by atoms with Crippen molar-refractivity contribution in [2.45, 2.75) is 26.4 Å². The lowest BCUT2D eigenvalue weighted by Crippen LogP contribution is -2.26. The van der Waals surface area contributed by atoms with Crippen LogP contribution in [0.2, 0.25) is 0 Å². The third-order valence-corrected chi connectivity index (χ3v) is 1.20. The van der Waals surface area contributed by atoms with E-state index < -0.39 is 11.6 Å². The zero-order valence-corrected chi connectivity index (χ0v) is 9.00. The molecule has 0 saturated heterocycles. The van der Waals surface area contributed by atoms with Crippen molar-refractivity contribution in [3.63, 3.8) is 0 Å². The number of hydrogen-bond acceptors (Lipinski definition) is 4.